The molecule has 0 unspecified atom stereocenters. The van der Waals surface area contributed by atoms with Crippen LogP contribution in [0.2, 0.25) is 0 Å². The number of hydrogen-bond acceptors (Lipinski definition) is 3. The molecule has 3 rings (SSSR count). The number of piperidine rings is 1. The van der Waals surface area contributed by atoms with Crippen LogP contribution in [0.1, 0.15) is 18.4 Å². The van der Waals surface area contributed by atoms with Crippen molar-refractivity contribution in [1.82, 2.24) is 10.3 Å². The third-order valence-corrected chi connectivity index (χ3v) is 4.50. The lowest BCUT2D eigenvalue weighted by atomic mass is 9.96. The first-order valence-electron chi connectivity index (χ1n) is 8.85. The fourth-order valence-electron chi connectivity index (χ4n) is 2.96. The molecule has 1 aliphatic rings. The Hall–Kier alpha value is -3.08. The second-order valence-corrected chi connectivity index (χ2v) is 6.32. The molecule has 0 aromatic heterocycles. The summed E-state index contributed by atoms with van der Waals surface area (Å²) < 4.78 is 0. The molecule has 0 atom stereocenters. The highest BCUT2D eigenvalue weighted by Gasteiger charge is 2.26. The number of rotatable bonds is 5. The third-order valence-electron chi connectivity index (χ3n) is 4.50. The normalized spacial score (nSPS) is 15.0. The van der Waals surface area contributed by atoms with E-state index in [-0.39, 0.29) is 17.7 Å². The first-order chi connectivity index (χ1) is 12.7. The number of benzene rings is 2. The van der Waals surface area contributed by atoms with Gasteiger partial charge in [-0.1, -0.05) is 48.5 Å². The summed E-state index contributed by atoms with van der Waals surface area (Å²) in [5, 5.41) is 0. The maximum atomic E-state index is 12.3. The maximum absolute atomic E-state index is 12.3. The molecule has 5 nitrogen and oxygen atoms in total. The fourth-order valence-corrected chi connectivity index (χ4v) is 2.96. The number of nitrogens with one attached hydrogen (secondary N) is 2. The van der Waals surface area contributed by atoms with Gasteiger partial charge < -0.3 is 4.90 Å². The number of hydrogen-bond donors (Lipinski definition) is 2. The van der Waals surface area contributed by atoms with Gasteiger partial charge >= 0.3 is 0 Å². The highest BCUT2D eigenvalue weighted by Crippen LogP contribution is 2.18. The van der Waals surface area contributed by atoms with Crippen molar-refractivity contribution < 1.29 is 9.59 Å². The zero-order valence-electron chi connectivity index (χ0n) is 14.6. The van der Waals surface area contributed by atoms with Crippen LogP contribution >= 0.6 is 0 Å². The molecular formula is C21H23N3O2. The van der Waals surface area contributed by atoms with Gasteiger partial charge in [-0.2, -0.15) is 0 Å². The van der Waals surface area contributed by atoms with E-state index in [1.807, 2.05) is 66.7 Å². The lowest BCUT2D eigenvalue weighted by molar-refractivity contribution is -0.131. The summed E-state index contributed by atoms with van der Waals surface area (Å²) in [6, 6.07) is 19.3. The van der Waals surface area contributed by atoms with Gasteiger partial charge in [0.15, 0.2) is 0 Å². The number of amides is 2. The molecule has 0 spiro atoms. The molecule has 1 aliphatic heterocycles. The van der Waals surface area contributed by atoms with Crippen LogP contribution in [0.5, 0.6) is 0 Å². The van der Waals surface area contributed by atoms with Gasteiger partial charge in [-0.15, -0.1) is 0 Å². The molecule has 1 saturated heterocycles. The minimum absolute atomic E-state index is 0.00452. The minimum Gasteiger partial charge on any atom is -0.339 e. The zero-order chi connectivity index (χ0) is 18.2. The van der Waals surface area contributed by atoms with Crippen LogP contribution in [-0.4, -0.2) is 29.8 Å². The van der Waals surface area contributed by atoms with Crippen molar-refractivity contribution in [1.29, 1.82) is 0 Å². The van der Waals surface area contributed by atoms with E-state index in [0.717, 1.165) is 11.3 Å². The highest BCUT2D eigenvalue weighted by molar-refractivity contribution is 5.92. The van der Waals surface area contributed by atoms with Crippen molar-refractivity contribution in [2.75, 3.05) is 18.5 Å². The number of likely N-dealkylation sites (tertiary alicyclic amines) is 1. The van der Waals surface area contributed by atoms with Crippen LogP contribution in [-0.2, 0) is 9.59 Å². The van der Waals surface area contributed by atoms with Crippen molar-refractivity contribution in [2.45, 2.75) is 12.8 Å². The molecular weight excluding hydrogens is 326 g/mol. The highest BCUT2D eigenvalue weighted by atomic mass is 16.2. The smallest absolute Gasteiger partial charge is 0.246 e. The van der Waals surface area contributed by atoms with Crippen LogP contribution in [0.15, 0.2) is 66.7 Å². The summed E-state index contributed by atoms with van der Waals surface area (Å²) in [5.74, 6) is -0.107. The van der Waals surface area contributed by atoms with E-state index in [0.29, 0.717) is 25.9 Å². The fraction of sp³-hybridized carbons (Fsp3) is 0.238. The summed E-state index contributed by atoms with van der Waals surface area (Å²) >= 11 is 0. The lowest BCUT2D eigenvalue weighted by Gasteiger charge is -2.30. The second-order valence-electron chi connectivity index (χ2n) is 6.32. The Bertz CT molecular complexity index is 751. The standard InChI is InChI=1S/C21H23N3O2/c25-20(12-11-17-7-3-1-4-8-17)24-15-13-18(14-16-24)21(26)23-22-19-9-5-2-6-10-19/h1-12,18,22H,13-16H2,(H,23,26). The van der Waals surface area contributed by atoms with Crippen molar-refractivity contribution in [3.63, 3.8) is 0 Å². The number of para-hydroxylation sites is 1. The quantitative estimate of drug-likeness (QED) is 0.644. The minimum atomic E-state index is -0.0756. The predicted octanol–water partition coefficient (Wildman–Crippen LogP) is 3.08. The number of hydrazine groups is 1. The average Bonchev–Trinajstić information content (AvgIpc) is 2.72. The van der Waals surface area contributed by atoms with Crippen LogP contribution in [0.4, 0.5) is 5.69 Å². The van der Waals surface area contributed by atoms with Crippen LogP contribution in [0.25, 0.3) is 6.08 Å². The summed E-state index contributed by atoms with van der Waals surface area (Å²) in [6.45, 7) is 1.20. The van der Waals surface area contributed by atoms with Gasteiger partial charge in [-0.05, 0) is 36.6 Å². The van der Waals surface area contributed by atoms with Crippen LogP contribution in [0, 0.1) is 5.92 Å². The molecule has 0 aliphatic carbocycles. The van der Waals surface area contributed by atoms with Gasteiger partial charge in [0.2, 0.25) is 11.8 Å². The third kappa shape index (κ3) is 4.96. The Labute approximate surface area is 153 Å². The molecule has 2 aromatic carbocycles. The van der Waals surface area contributed by atoms with E-state index in [1.54, 1.807) is 11.0 Å². The largest absolute Gasteiger partial charge is 0.339 e. The molecule has 1 fully saturated rings. The Morgan fingerprint density at radius 2 is 1.54 bits per heavy atom. The van der Waals surface area contributed by atoms with Gasteiger partial charge in [0.1, 0.15) is 0 Å². The van der Waals surface area contributed by atoms with E-state index < -0.39 is 0 Å². The van der Waals surface area contributed by atoms with Crippen LogP contribution < -0.4 is 10.9 Å². The molecule has 0 saturated carbocycles. The van der Waals surface area contributed by atoms with Crippen molar-refractivity contribution in [3.8, 4) is 0 Å². The van der Waals surface area contributed by atoms with E-state index in [4.69, 9.17) is 0 Å². The SMILES string of the molecule is O=C(NNc1ccccc1)C1CCN(C(=O)C=Cc2ccccc2)CC1. The lowest BCUT2D eigenvalue weighted by Crippen LogP contribution is -2.43. The predicted molar refractivity (Wildman–Crippen MR) is 103 cm³/mol. The Morgan fingerprint density at radius 1 is 0.923 bits per heavy atom. The molecule has 2 amide bonds. The first kappa shape index (κ1) is 17.7. The van der Waals surface area contributed by atoms with E-state index in [1.165, 1.54) is 0 Å². The second kappa shape index (κ2) is 8.85. The van der Waals surface area contributed by atoms with E-state index in [2.05, 4.69) is 10.9 Å². The summed E-state index contributed by atoms with van der Waals surface area (Å²) in [7, 11) is 0. The molecule has 134 valence electrons. The van der Waals surface area contributed by atoms with Gasteiger partial charge in [-0.3, -0.25) is 20.4 Å². The summed E-state index contributed by atoms with van der Waals surface area (Å²) in [4.78, 5) is 26.4. The maximum Gasteiger partial charge on any atom is 0.246 e. The van der Waals surface area contributed by atoms with Crippen LogP contribution in [0.3, 0.4) is 0 Å². The molecule has 2 aromatic rings. The van der Waals surface area contributed by atoms with Gasteiger partial charge in [-0.25, -0.2) is 0 Å². The molecule has 2 N–H and O–H groups in total. The van der Waals surface area contributed by atoms with Crippen molar-refractivity contribution in [3.05, 3.63) is 72.3 Å². The molecule has 0 bridgehead atoms. The van der Waals surface area contributed by atoms with Crippen molar-refractivity contribution in [2.24, 2.45) is 5.92 Å². The molecule has 1 heterocycles. The van der Waals surface area contributed by atoms with E-state index in [9.17, 15) is 9.59 Å². The zero-order valence-corrected chi connectivity index (χ0v) is 14.6. The number of nitrogens with zero attached hydrogens (tertiary/aromatic N) is 1. The van der Waals surface area contributed by atoms with E-state index >= 15 is 0 Å². The molecule has 0 radical (unpaired) electrons. The Balaban J connectivity index is 1.44. The number of carbonyl (C=O) groups excluding carboxylic acids is 2. The first-order valence-corrected chi connectivity index (χ1v) is 8.85. The number of carbonyl (C=O) groups is 2. The van der Waals surface area contributed by atoms with Gasteiger partial charge in [0.05, 0.1) is 5.69 Å². The van der Waals surface area contributed by atoms with Crippen molar-refractivity contribution >= 4 is 23.6 Å². The summed E-state index contributed by atoms with van der Waals surface area (Å²) in [6.07, 6.45) is 4.78. The average molecular weight is 349 g/mol. The Morgan fingerprint density at radius 3 is 2.19 bits per heavy atom. The van der Waals surface area contributed by atoms with Gasteiger partial charge in [0.25, 0.3) is 0 Å². The van der Waals surface area contributed by atoms with Gasteiger partial charge in [0, 0.05) is 25.1 Å². The molecule has 5 heteroatoms. The monoisotopic (exact) mass is 349 g/mol. The topological polar surface area (TPSA) is 61.4 Å². The summed E-state index contributed by atoms with van der Waals surface area (Å²) in [5.41, 5.74) is 7.52. The number of anilines is 1. The molecule has 26 heavy (non-hydrogen) atoms. The Kier molecular flexibility index (Phi) is 6.04.